The summed E-state index contributed by atoms with van der Waals surface area (Å²) in [7, 11) is 0. The standard InChI is InChI=1S/C18H11ClN2O4S/c19-13-5-2-4-12(9-13)15(22)10-17-20-18(23)16(26-17)8-11-3-1-6-14(7-11)21(24)25/h1-10H,(H,20,23)/b16-8-,17-10-. The summed E-state index contributed by atoms with van der Waals surface area (Å²) >= 11 is 6.97. The van der Waals surface area contributed by atoms with Gasteiger partial charge in [-0.25, -0.2) is 0 Å². The first-order valence-corrected chi connectivity index (χ1v) is 8.59. The molecular weight excluding hydrogens is 376 g/mol. The normalized spacial score (nSPS) is 12.3. The van der Waals surface area contributed by atoms with Crippen LogP contribution in [-0.2, 0) is 0 Å². The maximum Gasteiger partial charge on any atom is 0.270 e. The largest absolute Gasteiger partial charge is 0.313 e. The molecule has 0 radical (unpaired) electrons. The molecule has 0 atom stereocenters. The van der Waals surface area contributed by atoms with E-state index in [9.17, 15) is 19.7 Å². The highest BCUT2D eigenvalue weighted by Crippen LogP contribution is 2.13. The number of nitrogens with one attached hydrogen (secondary N) is 1. The van der Waals surface area contributed by atoms with Crippen LogP contribution in [0.25, 0.3) is 12.2 Å². The summed E-state index contributed by atoms with van der Waals surface area (Å²) < 4.78 is 0.729. The van der Waals surface area contributed by atoms with E-state index in [-0.39, 0.29) is 17.0 Å². The summed E-state index contributed by atoms with van der Waals surface area (Å²) in [6.07, 6.45) is 2.86. The van der Waals surface area contributed by atoms with Crippen LogP contribution in [0.5, 0.6) is 0 Å². The fourth-order valence-corrected chi connectivity index (χ4v) is 3.32. The van der Waals surface area contributed by atoms with E-state index in [1.807, 2.05) is 0 Å². The third-order valence-electron chi connectivity index (χ3n) is 3.43. The Bertz CT molecular complexity index is 1180. The Labute approximate surface area is 155 Å². The van der Waals surface area contributed by atoms with Crippen molar-refractivity contribution in [2.45, 2.75) is 0 Å². The fraction of sp³-hybridized carbons (Fsp3) is 0. The Balaban J connectivity index is 1.99. The molecule has 0 saturated heterocycles. The minimum absolute atomic E-state index is 0.0605. The molecule has 0 fully saturated rings. The Hall–Kier alpha value is -3.03. The number of carbonyl (C=O) groups is 1. The van der Waals surface area contributed by atoms with E-state index in [2.05, 4.69) is 4.98 Å². The zero-order chi connectivity index (χ0) is 18.7. The first-order chi connectivity index (χ1) is 12.4. The number of thiazole rings is 1. The van der Waals surface area contributed by atoms with Gasteiger partial charge in [0.05, 0.1) is 14.1 Å². The smallest absolute Gasteiger partial charge is 0.270 e. The van der Waals surface area contributed by atoms with E-state index in [1.54, 1.807) is 36.4 Å². The zero-order valence-electron chi connectivity index (χ0n) is 13.1. The van der Waals surface area contributed by atoms with Crippen LogP contribution in [0.4, 0.5) is 5.69 Å². The van der Waals surface area contributed by atoms with Crippen molar-refractivity contribution in [2.24, 2.45) is 0 Å². The van der Waals surface area contributed by atoms with Gasteiger partial charge in [0.2, 0.25) is 0 Å². The number of Topliss-reactive ketones (excluding diaryl/α,β-unsaturated/α-hetero) is 1. The summed E-state index contributed by atoms with van der Waals surface area (Å²) in [5.74, 6) is -0.285. The maximum atomic E-state index is 12.3. The van der Waals surface area contributed by atoms with Crippen molar-refractivity contribution in [3.8, 4) is 0 Å². The number of benzene rings is 2. The first kappa shape index (κ1) is 17.8. The lowest BCUT2D eigenvalue weighted by Crippen LogP contribution is -2.20. The Kier molecular flexibility index (Phi) is 5.11. The number of nitro groups is 1. The summed E-state index contributed by atoms with van der Waals surface area (Å²) in [6, 6.07) is 12.5. The number of hydrogen-bond donors (Lipinski definition) is 1. The van der Waals surface area contributed by atoms with Gasteiger partial charge in [-0.05, 0) is 23.8 Å². The lowest BCUT2D eigenvalue weighted by Gasteiger charge is -1.95. The molecule has 0 bridgehead atoms. The van der Waals surface area contributed by atoms with E-state index < -0.39 is 4.92 Å². The molecule has 1 heterocycles. The lowest BCUT2D eigenvalue weighted by molar-refractivity contribution is -0.384. The molecule has 0 unspecified atom stereocenters. The van der Waals surface area contributed by atoms with Crippen LogP contribution in [0.15, 0.2) is 53.3 Å². The van der Waals surface area contributed by atoms with Crippen LogP contribution in [0.3, 0.4) is 0 Å². The number of non-ortho nitro benzene ring substituents is 1. The van der Waals surface area contributed by atoms with Crippen LogP contribution in [0.2, 0.25) is 5.02 Å². The molecule has 130 valence electrons. The third kappa shape index (κ3) is 4.14. The van der Waals surface area contributed by atoms with Crippen molar-refractivity contribution in [1.82, 2.24) is 4.98 Å². The molecule has 26 heavy (non-hydrogen) atoms. The average Bonchev–Trinajstić information content (AvgIpc) is 2.94. The van der Waals surface area contributed by atoms with Gasteiger partial charge in [0.15, 0.2) is 5.78 Å². The number of nitrogens with zero attached hydrogens (tertiary/aromatic N) is 1. The molecule has 0 amide bonds. The zero-order valence-corrected chi connectivity index (χ0v) is 14.7. The molecule has 3 aromatic rings. The van der Waals surface area contributed by atoms with Crippen molar-refractivity contribution < 1.29 is 9.72 Å². The molecule has 0 spiro atoms. The minimum atomic E-state index is -0.501. The van der Waals surface area contributed by atoms with Gasteiger partial charge in [-0.15, -0.1) is 11.3 Å². The monoisotopic (exact) mass is 386 g/mol. The minimum Gasteiger partial charge on any atom is -0.313 e. The van der Waals surface area contributed by atoms with Gasteiger partial charge in [-0.1, -0.05) is 35.9 Å². The lowest BCUT2D eigenvalue weighted by atomic mass is 10.1. The molecule has 0 aliphatic heterocycles. The quantitative estimate of drug-likeness (QED) is 0.423. The van der Waals surface area contributed by atoms with E-state index in [0.29, 0.717) is 25.3 Å². The number of ketones is 1. The average molecular weight is 387 g/mol. The van der Waals surface area contributed by atoms with Crippen molar-refractivity contribution in [1.29, 1.82) is 0 Å². The van der Waals surface area contributed by atoms with Crippen molar-refractivity contribution in [3.05, 3.63) is 94.3 Å². The Morgan fingerprint density at radius 1 is 1.19 bits per heavy atom. The summed E-state index contributed by atoms with van der Waals surface area (Å²) in [5, 5.41) is 11.3. The molecule has 1 aromatic heterocycles. The van der Waals surface area contributed by atoms with Crippen molar-refractivity contribution in [2.75, 3.05) is 0 Å². The molecule has 2 aromatic carbocycles. The number of aromatic amines is 1. The molecule has 0 aliphatic carbocycles. The Morgan fingerprint density at radius 2 is 1.96 bits per heavy atom. The van der Waals surface area contributed by atoms with Crippen LogP contribution in [-0.4, -0.2) is 15.7 Å². The molecular formula is C18H11ClN2O4S. The van der Waals surface area contributed by atoms with Gasteiger partial charge in [0, 0.05) is 28.8 Å². The summed E-state index contributed by atoms with van der Waals surface area (Å²) in [5.41, 5.74) is 0.511. The number of nitro benzene ring substituents is 1. The van der Waals surface area contributed by atoms with Gasteiger partial charge < -0.3 is 4.98 Å². The second-order valence-corrected chi connectivity index (χ2v) is 6.82. The molecule has 0 aliphatic rings. The predicted octanol–water partition coefficient (Wildman–Crippen LogP) is 2.49. The SMILES string of the molecule is O=C(/C=c1/[nH]c(=O)/c(=C/c2cccc([N+](=O)[O-])c2)s1)c1cccc(Cl)c1. The third-order valence-corrected chi connectivity index (χ3v) is 4.63. The van der Waals surface area contributed by atoms with Crippen molar-refractivity contribution >= 4 is 46.6 Å². The van der Waals surface area contributed by atoms with E-state index in [0.717, 1.165) is 11.3 Å². The van der Waals surface area contributed by atoms with Crippen LogP contribution in [0.1, 0.15) is 15.9 Å². The molecule has 8 heteroatoms. The number of carbonyl (C=O) groups excluding carboxylic acids is 1. The fourth-order valence-electron chi connectivity index (χ4n) is 2.25. The van der Waals surface area contributed by atoms with Gasteiger partial charge >= 0.3 is 0 Å². The van der Waals surface area contributed by atoms with Crippen LogP contribution >= 0.6 is 22.9 Å². The highest BCUT2D eigenvalue weighted by Gasteiger charge is 2.06. The number of H-pyrrole nitrogens is 1. The summed E-state index contributed by atoms with van der Waals surface area (Å²) in [4.78, 5) is 37.3. The molecule has 6 nitrogen and oxygen atoms in total. The highest BCUT2D eigenvalue weighted by molar-refractivity contribution is 7.07. The first-order valence-electron chi connectivity index (χ1n) is 7.39. The number of aromatic nitrogens is 1. The maximum absolute atomic E-state index is 12.3. The molecule has 1 N–H and O–H groups in total. The Morgan fingerprint density at radius 3 is 2.69 bits per heavy atom. The van der Waals surface area contributed by atoms with E-state index >= 15 is 0 Å². The van der Waals surface area contributed by atoms with Gasteiger partial charge in [-0.3, -0.25) is 19.7 Å². The second kappa shape index (κ2) is 7.47. The molecule has 3 rings (SSSR count). The number of halogens is 1. The molecule has 0 saturated carbocycles. The summed E-state index contributed by atoms with van der Waals surface area (Å²) in [6.45, 7) is 0. The van der Waals surface area contributed by atoms with E-state index in [4.69, 9.17) is 11.6 Å². The predicted molar refractivity (Wildman–Crippen MR) is 101 cm³/mol. The van der Waals surface area contributed by atoms with Gasteiger partial charge in [0.25, 0.3) is 11.2 Å². The second-order valence-electron chi connectivity index (χ2n) is 5.30. The topological polar surface area (TPSA) is 93.1 Å². The van der Waals surface area contributed by atoms with Crippen molar-refractivity contribution in [3.63, 3.8) is 0 Å². The van der Waals surface area contributed by atoms with E-state index in [1.165, 1.54) is 24.3 Å². The number of hydrogen-bond acceptors (Lipinski definition) is 5. The van der Waals surface area contributed by atoms with Gasteiger partial charge in [-0.2, -0.15) is 0 Å². The van der Waals surface area contributed by atoms with Crippen LogP contribution in [0, 0.1) is 10.1 Å². The highest BCUT2D eigenvalue weighted by atomic mass is 35.5. The number of rotatable bonds is 4. The van der Waals surface area contributed by atoms with Crippen LogP contribution < -0.4 is 14.8 Å². The van der Waals surface area contributed by atoms with Gasteiger partial charge in [0.1, 0.15) is 0 Å².